The molecule has 0 spiro atoms. The Morgan fingerprint density at radius 3 is 2.50 bits per heavy atom. The molecule has 1 aliphatic carbocycles. The van der Waals surface area contributed by atoms with Crippen molar-refractivity contribution >= 4 is 5.78 Å². The quantitative estimate of drug-likeness (QED) is 0.702. The van der Waals surface area contributed by atoms with Crippen LogP contribution in [0.2, 0.25) is 0 Å². The van der Waals surface area contributed by atoms with Gasteiger partial charge in [0.2, 0.25) is 0 Å². The minimum absolute atomic E-state index is 0.0828. The average Bonchev–Trinajstić information content (AvgIpc) is 2.06. The van der Waals surface area contributed by atoms with Crippen molar-refractivity contribution in [2.24, 2.45) is 5.92 Å². The van der Waals surface area contributed by atoms with Crippen molar-refractivity contribution in [1.82, 2.24) is 0 Å². The molecule has 1 saturated carbocycles. The third kappa shape index (κ3) is 2.94. The normalized spacial score (nSPS) is 22.2. The number of rotatable bonds is 3. The predicted molar refractivity (Wildman–Crippen MR) is 47.9 cm³/mol. The molecule has 2 heteroatoms. The molecule has 0 aromatic rings. The SMILES string of the molecule is CC(=O)[C@H](O)CC1CCCCC1. The van der Waals surface area contributed by atoms with Crippen molar-refractivity contribution in [2.45, 2.75) is 51.6 Å². The largest absolute Gasteiger partial charge is 0.385 e. The Hall–Kier alpha value is -0.370. The van der Waals surface area contributed by atoms with Crippen molar-refractivity contribution in [1.29, 1.82) is 0 Å². The molecule has 0 bridgehead atoms. The van der Waals surface area contributed by atoms with Gasteiger partial charge in [-0.2, -0.15) is 0 Å². The molecular formula is C10H18O2. The van der Waals surface area contributed by atoms with Crippen molar-refractivity contribution in [3.8, 4) is 0 Å². The minimum atomic E-state index is -0.701. The molecule has 0 radical (unpaired) electrons. The van der Waals surface area contributed by atoms with E-state index in [-0.39, 0.29) is 5.78 Å². The van der Waals surface area contributed by atoms with Gasteiger partial charge in [-0.15, -0.1) is 0 Å². The van der Waals surface area contributed by atoms with Crippen LogP contribution in [0.25, 0.3) is 0 Å². The molecular weight excluding hydrogens is 152 g/mol. The van der Waals surface area contributed by atoms with Crippen LogP contribution in [-0.2, 0) is 4.79 Å². The van der Waals surface area contributed by atoms with Gasteiger partial charge < -0.3 is 5.11 Å². The van der Waals surface area contributed by atoms with Gasteiger partial charge >= 0.3 is 0 Å². The molecule has 12 heavy (non-hydrogen) atoms. The molecule has 0 aliphatic heterocycles. The molecule has 1 rings (SSSR count). The van der Waals surface area contributed by atoms with Crippen molar-refractivity contribution in [3.05, 3.63) is 0 Å². The third-order valence-electron chi connectivity index (χ3n) is 2.75. The molecule has 1 aliphatic rings. The Labute approximate surface area is 74.0 Å². The molecule has 0 amide bonds. The summed E-state index contributed by atoms with van der Waals surface area (Å²) in [5.41, 5.74) is 0. The van der Waals surface area contributed by atoms with E-state index in [0.29, 0.717) is 12.3 Å². The van der Waals surface area contributed by atoms with E-state index in [4.69, 9.17) is 0 Å². The Bertz CT molecular complexity index is 148. The van der Waals surface area contributed by atoms with Crippen LogP contribution in [0.3, 0.4) is 0 Å². The summed E-state index contributed by atoms with van der Waals surface area (Å²) in [6.45, 7) is 1.47. The molecule has 0 aromatic heterocycles. The van der Waals surface area contributed by atoms with E-state index in [0.717, 1.165) is 0 Å². The molecule has 0 unspecified atom stereocenters. The van der Waals surface area contributed by atoms with Crippen LogP contribution < -0.4 is 0 Å². The zero-order chi connectivity index (χ0) is 8.97. The van der Waals surface area contributed by atoms with Gasteiger partial charge in [0.15, 0.2) is 5.78 Å². The lowest BCUT2D eigenvalue weighted by molar-refractivity contribution is -0.125. The van der Waals surface area contributed by atoms with E-state index in [1.165, 1.54) is 39.0 Å². The molecule has 1 fully saturated rings. The molecule has 1 N–H and O–H groups in total. The number of carbonyl (C=O) groups excluding carboxylic acids is 1. The second-order valence-electron chi connectivity index (χ2n) is 3.87. The Kier molecular flexibility index (Phi) is 3.73. The predicted octanol–water partition coefficient (Wildman–Crippen LogP) is 1.91. The fourth-order valence-electron chi connectivity index (χ4n) is 1.90. The molecule has 70 valence electrons. The summed E-state index contributed by atoms with van der Waals surface area (Å²) in [7, 11) is 0. The number of Topliss-reactive ketones (excluding diaryl/α,β-unsaturated/α-hetero) is 1. The molecule has 1 atom stereocenters. The second-order valence-corrected chi connectivity index (χ2v) is 3.87. The van der Waals surface area contributed by atoms with Gasteiger partial charge in [-0.25, -0.2) is 0 Å². The fraction of sp³-hybridized carbons (Fsp3) is 0.900. The number of hydrogen-bond acceptors (Lipinski definition) is 2. The highest BCUT2D eigenvalue weighted by molar-refractivity contribution is 5.80. The van der Waals surface area contributed by atoms with Gasteiger partial charge in [-0.1, -0.05) is 32.1 Å². The highest BCUT2D eigenvalue weighted by Gasteiger charge is 2.19. The van der Waals surface area contributed by atoms with Gasteiger partial charge in [-0.05, 0) is 19.3 Å². The standard InChI is InChI=1S/C10H18O2/c1-8(11)10(12)7-9-5-3-2-4-6-9/h9-10,12H,2-7H2,1H3/t10-/m1/s1. The fourth-order valence-corrected chi connectivity index (χ4v) is 1.90. The minimum Gasteiger partial charge on any atom is -0.385 e. The summed E-state index contributed by atoms with van der Waals surface area (Å²) in [5, 5.41) is 9.33. The second kappa shape index (κ2) is 4.61. The maximum atomic E-state index is 10.8. The van der Waals surface area contributed by atoms with E-state index < -0.39 is 6.10 Å². The number of carbonyl (C=O) groups is 1. The van der Waals surface area contributed by atoms with Crippen LogP contribution in [0, 0.1) is 5.92 Å². The van der Waals surface area contributed by atoms with Crippen LogP contribution in [0.15, 0.2) is 0 Å². The van der Waals surface area contributed by atoms with Crippen LogP contribution >= 0.6 is 0 Å². The van der Waals surface area contributed by atoms with Gasteiger partial charge in [0.05, 0.1) is 0 Å². The van der Waals surface area contributed by atoms with Crippen LogP contribution in [0.5, 0.6) is 0 Å². The number of aliphatic hydroxyl groups excluding tert-OH is 1. The first-order valence-corrected chi connectivity index (χ1v) is 4.88. The molecule has 0 heterocycles. The Morgan fingerprint density at radius 2 is 2.00 bits per heavy atom. The van der Waals surface area contributed by atoms with Gasteiger partial charge in [-0.3, -0.25) is 4.79 Å². The first-order chi connectivity index (χ1) is 5.70. The molecule has 2 nitrogen and oxygen atoms in total. The lowest BCUT2D eigenvalue weighted by atomic mass is 9.85. The van der Waals surface area contributed by atoms with Crippen LogP contribution in [0.1, 0.15) is 45.4 Å². The number of aliphatic hydroxyl groups is 1. The zero-order valence-electron chi connectivity index (χ0n) is 7.75. The molecule has 0 aromatic carbocycles. The van der Waals surface area contributed by atoms with E-state index in [9.17, 15) is 9.90 Å². The summed E-state index contributed by atoms with van der Waals surface area (Å²) >= 11 is 0. The van der Waals surface area contributed by atoms with Crippen molar-refractivity contribution in [2.75, 3.05) is 0 Å². The summed E-state index contributed by atoms with van der Waals surface area (Å²) in [5.74, 6) is 0.512. The average molecular weight is 170 g/mol. The van der Waals surface area contributed by atoms with E-state index >= 15 is 0 Å². The third-order valence-corrected chi connectivity index (χ3v) is 2.75. The summed E-state index contributed by atoms with van der Waals surface area (Å²) < 4.78 is 0. The zero-order valence-corrected chi connectivity index (χ0v) is 7.75. The van der Waals surface area contributed by atoms with Gasteiger partial charge in [0.1, 0.15) is 6.10 Å². The lowest BCUT2D eigenvalue weighted by Gasteiger charge is -2.22. The summed E-state index contributed by atoms with van der Waals surface area (Å²) in [6.07, 6.45) is 6.26. The topological polar surface area (TPSA) is 37.3 Å². The maximum absolute atomic E-state index is 10.8. The Morgan fingerprint density at radius 1 is 1.42 bits per heavy atom. The summed E-state index contributed by atoms with van der Waals surface area (Å²) in [4.78, 5) is 10.8. The maximum Gasteiger partial charge on any atom is 0.158 e. The van der Waals surface area contributed by atoms with Crippen LogP contribution in [0.4, 0.5) is 0 Å². The van der Waals surface area contributed by atoms with Gasteiger partial charge in [0, 0.05) is 0 Å². The number of ketones is 1. The first-order valence-electron chi connectivity index (χ1n) is 4.88. The van der Waals surface area contributed by atoms with Crippen molar-refractivity contribution in [3.63, 3.8) is 0 Å². The highest BCUT2D eigenvalue weighted by atomic mass is 16.3. The smallest absolute Gasteiger partial charge is 0.158 e. The van der Waals surface area contributed by atoms with E-state index in [2.05, 4.69) is 0 Å². The van der Waals surface area contributed by atoms with E-state index in [1.54, 1.807) is 0 Å². The molecule has 0 saturated heterocycles. The van der Waals surface area contributed by atoms with Crippen molar-refractivity contribution < 1.29 is 9.90 Å². The highest BCUT2D eigenvalue weighted by Crippen LogP contribution is 2.27. The van der Waals surface area contributed by atoms with Gasteiger partial charge in [0.25, 0.3) is 0 Å². The Balaban J connectivity index is 2.24. The first kappa shape index (κ1) is 9.72. The van der Waals surface area contributed by atoms with E-state index in [1.807, 2.05) is 0 Å². The summed E-state index contributed by atoms with van der Waals surface area (Å²) in [6, 6.07) is 0. The monoisotopic (exact) mass is 170 g/mol. The number of hydrogen-bond donors (Lipinski definition) is 1. The lowest BCUT2D eigenvalue weighted by Crippen LogP contribution is -2.22. The van der Waals surface area contributed by atoms with Crippen LogP contribution in [-0.4, -0.2) is 17.0 Å².